The number of amides is 5. The van der Waals surface area contributed by atoms with E-state index in [9.17, 15) is 27.6 Å². The third-order valence-electron chi connectivity index (χ3n) is 13.3. The van der Waals surface area contributed by atoms with E-state index in [1.165, 1.54) is 0 Å². The van der Waals surface area contributed by atoms with Gasteiger partial charge < -0.3 is 26.6 Å². The normalized spacial score (nSPS) is 28.2. The Bertz CT molecular complexity index is 1470. The second-order valence-electron chi connectivity index (χ2n) is 18.7. The molecule has 5 fully saturated rings. The number of hydrogen-bond acceptors (Lipinski definition) is 7. The molecule has 1 unspecified atom stereocenters. The third kappa shape index (κ3) is 8.59. The van der Waals surface area contributed by atoms with Crippen molar-refractivity contribution in [3.05, 3.63) is 0 Å². The highest BCUT2D eigenvalue weighted by Crippen LogP contribution is 2.53. The van der Waals surface area contributed by atoms with Gasteiger partial charge in [-0.1, -0.05) is 72.1 Å². The van der Waals surface area contributed by atoms with E-state index < -0.39 is 67.3 Å². The first-order valence-electron chi connectivity index (χ1n) is 19.4. The summed E-state index contributed by atoms with van der Waals surface area (Å²) in [5.41, 5.74) is 3.72. The van der Waals surface area contributed by atoms with Crippen LogP contribution < -0.4 is 21.7 Å². The minimum atomic E-state index is -3.57. The SMILES string of the molecule is CC1(C)CC[C@@H]2[C@@H](C(=O)NC(CC3CC3)C(=O)C(N)=O)N(C(=O)[C@@H](NC(=O)NC3(CS(=O)(=O)C(C)(C)C)CCCCC3)C3(C)CCCCC3)C[C@@H]21. The molecule has 5 amide bonds. The fourth-order valence-electron chi connectivity index (χ4n) is 9.60. The Labute approximate surface area is 304 Å². The summed E-state index contributed by atoms with van der Waals surface area (Å²) in [5, 5.41) is 9.02. The van der Waals surface area contributed by atoms with Gasteiger partial charge in [-0.3, -0.25) is 19.2 Å². The van der Waals surface area contributed by atoms with Crippen molar-refractivity contribution in [2.75, 3.05) is 12.3 Å². The lowest BCUT2D eigenvalue weighted by atomic mass is 9.70. The number of nitrogens with two attached hydrogens (primary N) is 1. The highest BCUT2D eigenvalue weighted by atomic mass is 32.2. The molecular weight excluding hydrogens is 671 g/mol. The van der Waals surface area contributed by atoms with Crippen LogP contribution in [0.15, 0.2) is 0 Å². The largest absolute Gasteiger partial charge is 0.363 e. The van der Waals surface area contributed by atoms with Gasteiger partial charge in [-0.25, -0.2) is 13.2 Å². The molecule has 12 nitrogen and oxygen atoms in total. The van der Waals surface area contributed by atoms with Gasteiger partial charge >= 0.3 is 6.03 Å². The van der Waals surface area contributed by atoms with Gasteiger partial charge in [0, 0.05) is 6.54 Å². The first-order valence-corrected chi connectivity index (χ1v) is 21.1. The Morgan fingerprint density at radius 1 is 0.843 bits per heavy atom. The average molecular weight is 734 g/mol. The fraction of sp³-hybridized carbons (Fsp3) is 0.868. The number of sulfone groups is 1. The monoisotopic (exact) mass is 733 g/mol. The van der Waals surface area contributed by atoms with Crippen molar-refractivity contribution < 1.29 is 32.4 Å². The second kappa shape index (κ2) is 14.6. The zero-order valence-electron chi connectivity index (χ0n) is 31.8. The second-order valence-corrected chi connectivity index (χ2v) is 21.4. The molecule has 5 N–H and O–H groups in total. The quantitative estimate of drug-likeness (QED) is 0.217. The number of likely N-dealkylation sites (tertiary alicyclic amines) is 1. The molecule has 1 heterocycles. The Morgan fingerprint density at radius 2 is 1.43 bits per heavy atom. The van der Waals surface area contributed by atoms with E-state index >= 15 is 4.79 Å². The van der Waals surface area contributed by atoms with Crippen LogP contribution in [0.5, 0.6) is 0 Å². The minimum Gasteiger partial charge on any atom is -0.363 e. The molecule has 0 aromatic heterocycles. The van der Waals surface area contributed by atoms with Crippen LogP contribution in [-0.4, -0.2) is 83.6 Å². The molecule has 13 heteroatoms. The van der Waals surface area contributed by atoms with Gasteiger partial charge in [-0.15, -0.1) is 0 Å². The van der Waals surface area contributed by atoms with Gasteiger partial charge in [0.2, 0.25) is 17.6 Å². The van der Waals surface area contributed by atoms with Gasteiger partial charge in [0.05, 0.1) is 22.1 Å². The Morgan fingerprint density at radius 3 is 1.98 bits per heavy atom. The van der Waals surface area contributed by atoms with Crippen LogP contribution in [0, 0.1) is 28.6 Å². The van der Waals surface area contributed by atoms with Crippen molar-refractivity contribution in [1.82, 2.24) is 20.9 Å². The van der Waals surface area contributed by atoms with Crippen molar-refractivity contribution in [2.24, 2.45) is 34.3 Å². The molecule has 5 aliphatic rings. The number of carbonyl (C=O) groups excluding carboxylic acids is 5. The molecule has 0 aromatic carbocycles. The van der Waals surface area contributed by atoms with E-state index in [0.717, 1.165) is 64.2 Å². The van der Waals surface area contributed by atoms with Crippen molar-refractivity contribution in [3.63, 3.8) is 0 Å². The van der Waals surface area contributed by atoms with E-state index in [1.807, 2.05) is 6.92 Å². The number of rotatable bonds is 12. The van der Waals surface area contributed by atoms with E-state index in [1.54, 1.807) is 25.7 Å². The van der Waals surface area contributed by atoms with Crippen LogP contribution in [0.2, 0.25) is 0 Å². The summed E-state index contributed by atoms with van der Waals surface area (Å²) in [6.07, 6.45) is 11.7. The Hall–Kier alpha value is -2.70. The third-order valence-corrected chi connectivity index (χ3v) is 16.1. The standard InChI is InChI=1S/C38H63N5O7S/c1-35(2,3)51(49,50)23-38(18-11-8-12-19-38)42-34(48)41-30(37(6)16-9-7-10-17-37)33(47)43-22-26-25(15-20-36(26,4)5)28(43)32(46)40-27(21-24-13-14-24)29(44)31(39)45/h24-28,30H,7-23H2,1-6H3,(H2,39,45)(H,40,46)(H2,41,42,48)/t25-,26-,27?,28-,30+/m0/s1. The van der Waals surface area contributed by atoms with Crippen LogP contribution in [0.1, 0.15) is 138 Å². The fourth-order valence-corrected chi connectivity index (χ4v) is 11.1. The van der Waals surface area contributed by atoms with Crippen LogP contribution in [0.25, 0.3) is 0 Å². The Kier molecular flexibility index (Phi) is 11.3. The van der Waals surface area contributed by atoms with Crippen molar-refractivity contribution in [2.45, 2.75) is 166 Å². The number of urea groups is 1. The smallest absolute Gasteiger partial charge is 0.315 e. The topological polar surface area (TPSA) is 185 Å². The molecule has 0 aromatic rings. The first kappa shape index (κ1) is 39.5. The summed E-state index contributed by atoms with van der Waals surface area (Å²) >= 11 is 0. The minimum absolute atomic E-state index is 0.0349. The average Bonchev–Trinajstić information content (AvgIpc) is 3.69. The molecule has 0 radical (unpaired) electrons. The molecule has 0 bridgehead atoms. The molecular formula is C38H63N5O7S. The van der Waals surface area contributed by atoms with Crippen LogP contribution in [-0.2, 0) is 29.0 Å². The Balaban J connectivity index is 1.44. The molecule has 288 valence electrons. The molecule has 4 aliphatic carbocycles. The predicted molar refractivity (Wildman–Crippen MR) is 195 cm³/mol. The maximum atomic E-state index is 15.1. The number of hydrogen-bond donors (Lipinski definition) is 4. The van der Waals surface area contributed by atoms with Crippen molar-refractivity contribution in [1.29, 1.82) is 0 Å². The number of Topliss-reactive ketones (excluding diaryl/α,β-unsaturated/α-hetero) is 1. The highest BCUT2D eigenvalue weighted by Gasteiger charge is 2.58. The van der Waals surface area contributed by atoms with Gasteiger partial charge in [-0.05, 0) is 94.3 Å². The summed E-state index contributed by atoms with van der Waals surface area (Å²) in [7, 11) is -3.57. The molecule has 0 spiro atoms. The van der Waals surface area contributed by atoms with Gasteiger partial charge in [0.15, 0.2) is 9.84 Å². The predicted octanol–water partition coefficient (Wildman–Crippen LogP) is 4.14. The highest BCUT2D eigenvalue weighted by molar-refractivity contribution is 7.92. The summed E-state index contributed by atoms with van der Waals surface area (Å²) in [4.78, 5) is 69.9. The van der Waals surface area contributed by atoms with E-state index in [4.69, 9.17) is 5.73 Å². The van der Waals surface area contributed by atoms with E-state index in [2.05, 4.69) is 29.8 Å². The maximum absolute atomic E-state index is 15.1. The summed E-state index contributed by atoms with van der Waals surface area (Å²) in [6, 6.07) is -3.43. The molecule has 4 saturated carbocycles. The first-order chi connectivity index (χ1) is 23.7. The van der Waals surface area contributed by atoms with Crippen molar-refractivity contribution in [3.8, 4) is 0 Å². The molecule has 1 aliphatic heterocycles. The van der Waals surface area contributed by atoms with Crippen LogP contribution in [0.3, 0.4) is 0 Å². The number of primary amides is 1. The van der Waals surface area contributed by atoms with Crippen molar-refractivity contribution >= 4 is 39.4 Å². The molecule has 5 rings (SSSR count). The zero-order chi connectivity index (χ0) is 37.6. The van der Waals surface area contributed by atoms with Crippen LogP contribution in [0.4, 0.5) is 4.79 Å². The lowest BCUT2D eigenvalue weighted by Crippen LogP contribution is -2.64. The molecule has 5 atom stereocenters. The number of carbonyl (C=O) groups is 5. The number of nitrogens with zero attached hydrogens (tertiary/aromatic N) is 1. The number of nitrogens with one attached hydrogen (secondary N) is 3. The van der Waals surface area contributed by atoms with Gasteiger partial charge in [0.1, 0.15) is 12.1 Å². The van der Waals surface area contributed by atoms with Gasteiger partial charge in [-0.2, -0.15) is 0 Å². The molecule has 1 saturated heterocycles. The zero-order valence-corrected chi connectivity index (χ0v) is 32.6. The summed E-state index contributed by atoms with van der Waals surface area (Å²) < 4.78 is 25.9. The number of ketones is 1. The van der Waals surface area contributed by atoms with E-state index in [0.29, 0.717) is 38.6 Å². The molecule has 51 heavy (non-hydrogen) atoms. The maximum Gasteiger partial charge on any atom is 0.315 e. The summed E-state index contributed by atoms with van der Waals surface area (Å²) in [6.45, 7) is 11.7. The van der Waals surface area contributed by atoms with E-state index in [-0.39, 0.29) is 34.8 Å². The van der Waals surface area contributed by atoms with Gasteiger partial charge in [0.25, 0.3) is 5.91 Å². The summed E-state index contributed by atoms with van der Waals surface area (Å²) in [5.74, 6) is -2.76. The lowest BCUT2D eigenvalue weighted by Gasteiger charge is -2.44. The van der Waals surface area contributed by atoms with Crippen LogP contribution >= 0.6 is 0 Å². The number of fused-ring (bicyclic) bond motifs is 1. The lowest BCUT2D eigenvalue weighted by molar-refractivity contribution is -0.145.